The highest BCUT2D eigenvalue weighted by Crippen LogP contribution is 2.29. The average molecular weight is 247 g/mol. The number of aromatic nitrogens is 1. The molecule has 1 aromatic heterocycles. The van der Waals surface area contributed by atoms with E-state index in [1.165, 1.54) is 19.9 Å². The number of hydrogen-bond acceptors (Lipinski definition) is 2. The lowest BCUT2D eigenvalue weighted by atomic mass is 9.86. The minimum absolute atomic E-state index is 0.0218. The first-order valence-electron chi connectivity index (χ1n) is 4.88. The number of aliphatic carboxylic acids is 1. The van der Waals surface area contributed by atoms with Crippen LogP contribution in [0.25, 0.3) is 0 Å². The highest BCUT2D eigenvalue weighted by atomic mass is 19.4. The lowest BCUT2D eigenvalue weighted by Crippen LogP contribution is -2.26. The molecule has 1 rings (SSSR count). The summed E-state index contributed by atoms with van der Waals surface area (Å²) in [4.78, 5) is 14.1. The zero-order valence-corrected chi connectivity index (χ0v) is 9.38. The number of carboxylic acids is 1. The van der Waals surface area contributed by atoms with E-state index < -0.39 is 23.3 Å². The van der Waals surface area contributed by atoms with Crippen LogP contribution < -0.4 is 0 Å². The Labute approximate surface area is 96.3 Å². The number of carboxylic acid groups (broad SMARTS) is 1. The molecule has 0 spiro atoms. The van der Waals surface area contributed by atoms with Gasteiger partial charge in [-0.3, -0.25) is 9.78 Å². The van der Waals surface area contributed by atoms with Gasteiger partial charge in [-0.2, -0.15) is 13.2 Å². The summed E-state index contributed by atoms with van der Waals surface area (Å²) >= 11 is 0. The first-order valence-corrected chi connectivity index (χ1v) is 4.88. The summed E-state index contributed by atoms with van der Waals surface area (Å²) in [5.41, 5.74) is -1.81. The molecule has 6 heteroatoms. The van der Waals surface area contributed by atoms with Crippen molar-refractivity contribution >= 4 is 5.97 Å². The van der Waals surface area contributed by atoms with Crippen LogP contribution in [0.1, 0.15) is 25.1 Å². The molecule has 0 unspecified atom stereocenters. The Morgan fingerprint density at radius 3 is 2.47 bits per heavy atom. The van der Waals surface area contributed by atoms with E-state index in [0.717, 1.165) is 12.3 Å². The fraction of sp³-hybridized carbons (Fsp3) is 0.455. The number of nitrogens with zero attached hydrogens (tertiary/aromatic N) is 1. The van der Waals surface area contributed by atoms with Crippen LogP contribution in [0.5, 0.6) is 0 Å². The van der Waals surface area contributed by atoms with E-state index in [0.29, 0.717) is 5.56 Å². The fourth-order valence-corrected chi connectivity index (χ4v) is 1.33. The number of hydrogen-bond donors (Lipinski definition) is 1. The van der Waals surface area contributed by atoms with Crippen LogP contribution >= 0.6 is 0 Å². The Kier molecular flexibility index (Phi) is 3.45. The SMILES string of the molecule is CC(C)(Cc1ccnc(C(F)(F)F)c1)C(=O)O. The molecule has 0 aliphatic rings. The topological polar surface area (TPSA) is 50.2 Å². The first kappa shape index (κ1) is 13.5. The summed E-state index contributed by atoms with van der Waals surface area (Å²) < 4.78 is 37.1. The van der Waals surface area contributed by atoms with Crippen molar-refractivity contribution in [3.8, 4) is 0 Å². The average Bonchev–Trinajstić information content (AvgIpc) is 2.15. The molecular weight excluding hydrogens is 235 g/mol. The third-order valence-corrected chi connectivity index (χ3v) is 2.34. The van der Waals surface area contributed by atoms with Gasteiger partial charge in [-0.25, -0.2) is 0 Å². The van der Waals surface area contributed by atoms with Crippen LogP contribution in [0.3, 0.4) is 0 Å². The van der Waals surface area contributed by atoms with Crippen LogP contribution in [0.4, 0.5) is 13.2 Å². The lowest BCUT2D eigenvalue weighted by molar-refractivity contribution is -0.146. The molecule has 0 aromatic carbocycles. The van der Waals surface area contributed by atoms with E-state index in [-0.39, 0.29) is 6.42 Å². The van der Waals surface area contributed by atoms with Crippen molar-refractivity contribution in [3.05, 3.63) is 29.6 Å². The number of rotatable bonds is 3. The number of alkyl halides is 3. The van der Waals surface area contributed by atoms with E-state index in [2.05, 4.69) is 4.98 Å². The molecule has 0 bridgehead atoms. The first-order chi connectivity index (χ1) is 7.63. The van der Waals surface area contributed by atoms with Gasteiger partial charge in [0.2, 0.25) is 0 Å². The maximum atomic E-state index is 12.4. The van der Waals surface area contributed by atoms with E-state index in [1.54, 1.807) is 0 Å². The molecule has 17 heavy (non-hydrogen) atoms. The van der Waals surface area contributed by atoms with Gasteiger partial charge in [0.25, 0.3) is 0 Å². The molecule has 94 valence electrons. The quantitative estimate of drug-likeness (QED) is 0.893. The molecule has 1 aromatic rings. The highest BCUT2D eigenvalue weighted by Gasteiger charge is 2.33. The molecule has 1 N–H and O–H groups in total. The molecule has 0 atom stereocenters. The minimum atomic E-state index is -4.51. The monoisotopic (exact) mass is 247 g/mol. The number of pyridine rings is 1. The summed E-state index contributed by atoms with van der Waals surface area (Å²) in [6.07, 6.45) is -3.45. The van der Waals surface area contributed by atoms with Crippen LogP contribution in [0.15, 0.2) is 18.3 Å². The zero-order valence-electron chi connectivity index (χ0n) is 9.38. The molecule has 1 heterocycles. The van der Waals surface area contributed by atoms with Crippen molar-refractivity contribution in [2.75, 3.05) is 0 Å². The molecule has 0 saturated heterocycles. The molecule has 0 saturated carbocycles. The van der Waals surface area contributed by atoms with Gasteiger partial charge in [0.15, 0.2) is 0 Å². The maximum absolute atomic E-state index is 12.4. The summed E-state index contributed by atoms with van der Waals surface area (Å²) in [5, 5.41) is 8.89. The Morgan fingerprint density at radius 1 is 1.41 bits per heavy atom. The predicted molar refractivity (Wildman–Crippen MR) is 54.4 cm³/mol. The number of carbonyl (C=O) groups is 1. The van der Waals surface area contributed by atoms with Crippen LogP contribution in [0.2, 0.25) is 0 Å². The Hall–Kier alpha value is -1.59. The summed E-state index contributed by atoms with van der Waals surface area (Å²) in [6.45, 7) is 2.92. The lowest BCUT2D eigenvalue weighted by Gasteiger charge is -2.19. The van der Waals surface area contributed by atoms with Crippen molar-refractivity contribution in [2.45, 2.75) is 26.4 Å². The summed E-state index contributed by atoms with van der Waals surface area (Å²) in [6, 6.07) is 2.27. The minimum Gasteiger partial charge on any atom is -0.481 e. The maximum Gasteiger partial charge on any atom is 0.433 e. The normalized spacial score (nSPS) is 12.5. The van der Waals surface area contributed by atoms with Gasteiger partial charge in [0, 0.05) is 6.20 Å². The van der Waals surface area contributed by atoms with Crippen molar-refractivity contribution in [2.24, 2.45) is 5.41 Å². The second-order valence-electron chi connectivity index (χ2n) is 4.41. The van der Waals surface area contributed by atoms with E-state index in [1.807, 2.05) is 0 Å². The molecule has 0 amide bonds. The smallest absolute Gasteiger partial charge is 0.433 e. The van der Waals surface area contributed by atoms with Gasteiger partial charge in [0.1, 0.15) is 5.69 Å². The van der Waals surface area contributed by atoms with E-state index >= 15 is 0 Å². The van der Waals surface area contributed by atoms with Crippen molar-refractivity contribution in [3.63, 3.8) is 0 Å². The van der Waals surface area contributed by atoms with E-state index in [9.17, 15) is 18.0 Å². The van der Waals surface area contributed by atoms with Crippen LogP contribution in [0, 0.1) is 5.41 Å². The predicted octanol–water partition coefficient (Wildman–Crippen LogP) is 2.75. The highest BCUT2D eigenvalue weighted by molar-refractivity contribution is 5.74. The second-order valence-corrected chi connectivity index (χ2v) is 4.41. The number of halogens is 3. The Bertz CT molecular complexity index is 427. The van der Waals surface area contributed by atoms with Crippen LogP contribution in [-0.4, -0.2) is 16.1 Å². The standard InChI is InChI=1S/C11H12F3NO2/c1-10(2,9(16)17)6-7-3-4-15-8(5-7)11(12,13)14/h3-5H,6H2,1-2H3,(H,16,17). The summed E-state index contributed by atoms with van der Waals surface area (Å²) in [5.74, 6) is -1.05. The molecule has 0 radical (unpaired) electrons. The van der Waals surface area contributed by atoms with Crippen LogP contribution in [-0.2, 0) is 17.4 Å². The zero-order chi connectivity index (χ0) is 13.3. The molecule has 0 aliphatic heterocycles. The largest absolute Gasteiger partial charge is 0.481 e. The van der Waals surface area contributed by atoms with E-state index in [4.69, 9.17) is 5.11 Å². The molecule has 0 aliphatic carbocycles. The van der Waals surface area contributed by atoms with Gasteiger partial charge in [0.05, 0.1) is 5.41 Å². The molecule has 3 nitrogen and oxygen atoms in total. The third-order valence-electron chi connectivity index (χ3n) is 2.34. The van der Waals surface area contributed by atoms with Gasteiger partial charge in [-0.05, 0) is 38.0 Å². The Balaban J connectivity index is 2.98. The third kappa shape index (κ3) is 3.44. The van der Waals surface area contributed by atoms with Crippen molar-refractivity contribution < 1.29 is 23.1 Å². The van der Waals surface area contributed by atoms with Gasteiger partial charge in [-0.1, -0.05) is 0 Å². The molecular formula is C11H12F3NO2. The fourth-order valence-electron chi connectivity index (χ4n) is 1.33. The van der Waals surface area contributed by atoms with Gasteiger partial charge >= 0.3 is 12.1 Å². The summed E-state index contributed by atoms with van der Waals surface area (Å²) in [7, 11) is 0. The second kappa shape index (κ2) is 4.35. The van der Waals surface area contributed by atoms with Gasteiger partial charge in [-0.15, -0.1) is 0 Å². The van der Waals surface area contributed by atoms with Crippen molar-refractivity contribution in [1.82, 2.24) is 4.98 Å². The molecule has 0 fully saturated rings. The Morgan fingerprint density at radius 2 is 2.00 bits per heavy atom. The van der Waals surface area contributed by atoms with Gasteiger partial charge < -0.3 is 5.11 Å². The van der Waals surface area contributed by atoms with Crippen molar-refractivity contribution in [1.29, 1.82) is 0 Å².